The Hall–Kier alpha value is -1.56. The lowest BCUT2D eigenvalue weighted by molar-refractivity contribution is -0.139. The van der Waals surface area contributed by atoms with Crippen molar-refractivity contribution in [1.29, 1.82) is 0 Å². The third-order valence-electron chi connectivity index (χ3n) is 5.77. The lowest BCUT2D eigenvalue weighted by Crippen LogP contribution is -2.55. The Kier molecular flexibility index (Phi) is 6.95. The van der Waals surface area contributed by atoms with Gasteiger partial charge in [-0.15, -0.1) is 0 Å². The Morgan fingerprint density at radius 2 is 1.89 bits per heavy atom. The van der Waals surface area contributed by atoms with E-state index in [1.165, 1.54) is 24.2 Å². The van der Waals surface area contributed by atoms with Crippen LogP contribution in [0.5, 0.6) is 0 Å². The van der Waals surface area contributed by atoms with Crippen LogP contribution in [0.15, 0.2) is 11.6 Å². The molecule has 154 valence electrons. The zero-order chi connectivity index (χ0) is 20.2. The molecule has 0 aromatic heterocycles. The smallest absolute Gasteiger partial charge is 0.410 e. The van der Waals surface area contributed by atoms with Gasteiger partial charge in [0.15, 0.2) is 0 Å². The molecule has 1 N–H and O–H groups in total. The summed E-state index contributed by atoms with van der Waals surface area (Å²) in [5, 5.41) is 10.0. The Morgan fingerprint density at radius 1 is 1.26 bits per heavy atom. The van der Waals surface area contributed by atoms with Crippen molar-refractivity contribution in [2.75, 3.05) is 13.2 Å². The molecule has 2 rings (SSSR count). The van der Waals surface area contributed by atoms with Gasteiger partial charge in [0.1, 0.15) is 5.72 Å². The van der Waals surface area contributed by atoms with Gasteiger partial charge in [-0.2, -0.15) is 0 Å². The summed E-state index contributed by atoms with van der Waals surface area (Å²) in [6.45, 7) is 9.75. The predicted molar refractivity (Wildman–Crippen MR) is 103 cm³/mol. The first kappa shape index (κ1) is 21.7. The maximum Gasteiger partial charge on any atom is 0.410 e. The van der Waals surface area contributed by atoms with E-state index in [4.69, 9.17) is 9.47 Å². The van der Waals surface area contributed by atoms with Gasteiger partial charge >= 0.3 is 12.1 Å². The second kappa shape index (κ2) is 8.63. The Morgan fingerprint density at radius 3 is 2.41 bits per heavy atom. The summed E-state index contributed by atoms with van der Waals surface area (Å²) < 4.78 is 11.2. The summed E-state index contributed by atoms with van der Waals surface area (Å²) in [6.07, 6.45) is 7.29. The number of ether oxygens (including phenoxy) is 2. The lowest BCUT2D eigenvalue weighted by atomic mass is 9.77. The number of amides is 1. The third kappa shape index (κ3) is 4.84. The number of carboxylic acid groups (broad SMARTS) is 1. The zero-order valence-corrected chi connectivity index (χ0v) is 17.4. The normalized spacial score (nSPS) is 26.4. The molecular formula is C21H35NO5. The van der Waals surface area contributed by atoms with E-state index in [1.54, 1.807) is 20.8 Å². The molecule has 27 heavy (non-hydrogen) atoms. The molecule has 1 aliphatic carbocycles. The summed E-state index contributed by atoms with van der Waals surface area (Å²) in [5.74, 6) is 0.00200. The molecule has 1 atom stereocenters. The van der Waals surface area contributed by atoms with Gasteiger partial charge in [-0.05, 0) is 45.1 Å². The quantitative estimate of drug-likeness (QED) is 0.538. The highest BCUT2D eigenvalue weighted by molar-refractivity contribution is 5.89. The van der Waals surface area contributed by atoms with Crippen LogP contribution in [0.4, 0.5) is 4.79 Å². The van der Waals surface area contributed by atoms with Crippen molar-refractivity contribution >= 4 is 12.1 Å². The second-order valence-corrected chi connectivity index (χ2v) is 8.64. The molecule has 0 aromatic carbocycles. The van der Waals surface area contributed by atoms with E-state index in [1.807, 2.05) is 19.9 Å². The van der Waals surface area contributed by atoms with Crippen molar-refractivity contribution in [3.05, 3.63) is 11.6 Å². The first-order valence-electron chi connectivity index (χ1n) is 10.2. The molecule has 1 unspecified atom stereocenters. The minimum Gasteiger partial charge on any atom is -0.465 e. The molecule has 0 bridgehead atoms. The fourth-order valence-electron chi connectivity index (χ4n) is 4.56. The molecule has 2 aliphatic rings. The van der Waals surface area contributed by atoms with Crippen LogP contribution >= 0.6 is 0 Å². The molecule has 1 heterocycles. The van der Waals surface area contributed by atoms with Crippen molar-refractivity contribution < 1.29 is 24.2 Å². The van der Waals surface area contributed by atoms with Gasteiger partial charge in [-0.25, -0.2) is 9.59 Å². The first-order chi connectivity index (χ1) is 12.6. The predicted octanol–water partition coefficient (Wildman–Crippen LogP) is 4.59. The van der Waals surface area contributed by atoms with Gasteiger partial charge < -0.3 is 14.6 Å². The van der Waals surface area contributed by atoms with Crippen LogP contribution in [0.3, 0.4) is 0 Å². The molecule has 2 fully saturated rings. The van der Waals surface area contributed by atoms with Crippen LogP contribution < -0.4 is 0 Å². The third-order valence-corrected chi connectivity index (χ3v) is 5.77. The van der Waals surface area contributed by atoms with E-state index >= 15 is 0 Å². The van der Waals surface area contributed by atoms with Gasteiger partial charge in [0.05, 0.1) is 18.8 Å². The van der Waals surface area contributed by atoms with Gasteiger partial charge in [-0.1, -0.05) is 46.0 Å². The zero-order valence-electron chi connectivity index (χ0n) is 17.4. The van der Waals surface area contributed by atoms with Crippen molar-refractivity contribution in [1.82, 2.24) is 4.90 Å². The number of carbonyl (C=O) groups excluding carboxylic acids is 1. The lowest BCUT2D eigenvalue weighted by Gasteiger charge is -2.41. The number of carbonyl (C=O) groups is 2. The van der Waals surface area contributed by atoms with Crippen molar-refractivity contribution in [3.63, 3.8) is 0 Å². The number of hydrogen-bond acceptors (Lipinski definition) is 4. The summed E-state index contributed by atoms with van der Waals surface area (Å²) in [5.41, 5.74) is -1.25. The molecule has 1 aliphatic heterocycles. The van der Waals surface area contributed by atoms with Gasteiger partial charge in [0.25, 0.3) is 0 Å². The molecular weight excluding hydrogens is 346 g/mol. The fraction of sp³-hybridized carbons (Fsp3) is 0.810. The van der Waals surface area contributed by atoms with Crippen LogP contribution in [0, 0.1) is 11.8 Å². The molecule has 1 saturated carbocycles. The Balaban J connectivity index is 2.49. The van der Waals surface area contributed by atoms with Gasteiger partial charge in [0, 0.05) is 5.57 Å². The van der Waals surface area contributed by atoms with Gasteiger partial charge in [0.2, 0.25) is 0 Å². The van der Waals surface area contributed by atoms with E-state index in [-0.39, 0.29) is 18.5 Å². The molecule has 0 radical (unpaired) electrons. The highest BCUT2D eigenvalue weighted by atomic mass is 16.5. The maximum atomic E-state index is 12.5. The van der Waals surface area contributed by atoms with Crippen LogP contribution in [-0.4, -0.2) is 46.5 Å². The van der Waals surface area contributed by atoms with Crippen LogP contribution in [0.25, 0.3) is 0 Å². The largest absolute Gasteiger partial charge is 0.465 e. The van der Waals surface area contributed by atoms with E-state index in [9.17, 15) is 14.7 Å². The maximum absolute atomic E-state index is 12.5. The number of rotatable bonds is 6. The standard InChI is InChI=1S/C21H35NO5/c1-6-26-18(23)17(15(2)3)13-21(12-16-10-8-7-9-11-16)14-27-20(4,5)22(21)19(24)25/h13,15-16H,6-12,14H2,1-5H3,(H,24,25). The highest BCUT2D eigenvalue weighted by Gasteiger charge is 2.54. The van der Waals surface area contributed by atoms with E-state index in [0.29, 0.717) is 24.5 Å². The van der Waals surface area contributed by atoms with Crippen molar-refractivity contribution in [2.45, 2.75) is 84.4 Å². The molecule has 0 aromatic rings. The van der Waals surface area contributed by atoms with Crippen molar-refractivity contribution in [2.24, 2.45) is 11.8 Å². The summed E-state index contributed by atoms with van der Waals surface area (Å²) in [4.78, 5) is 26.2. The summed E-state index contributed by atoms with van der Waals surface area (Å²) in [7, 11) is 0. The van der Waals surface area contributed by atoms with Crippen LogP contribution in [-0.2, 0) is 14.3 Å². The summed E-state index contributed by atoms with van der Waals surface area (Å²) >= 11 is 0. The Labute approximate surface area is 162 Å². The Bertz CT molecular complexity index is 577. The van der Waals surface area contributed by atoms with E-state index < -0.39 is 17.4 Å². The van der Waals surface area contributed by atoms with Crippen molar-refractivity contribution in [3.8, 4) is 0 Å². The number of nitrogens with zero attached hydrogens (tertiary/aromatic N) is 1. The van der Waals surface area contributed by atoms with E-state index in [2.05, 4.69) is 0 Å². The average Bonchev–Trinajstić information content (AvgIpc) is 2.84. The first-order valence-corrected chi connectivity index (χ1v) is 10.2. The SMILES string of the molecule is CCOC(=O)C(=CC1(CC2CCCCC2)COC(C)(C)N1C(=O)O)C(C)C. The second-order valence-electron chi connectivity index (χ2n) is 8.64. The van der Waals surface area contributed by atoms with Gasteiger partial charge in [-0.3, -0.25) is 4.90 Å². The molecule has 1 amide bonds. The fourth-order valence-corrected chi connectivity index (χ4v) is 4.56. The topological polar surface area (TPSA) is 76.1 Å². The summed E-state index contributed by atoms with van der Waals surface area (Å²) in [6, 6.07) is 0. The van der Waals surface area contributed by atoms with Crippen LogP contribution in [0.2, 0.25) is 0 Å². The monoisotopic (exact) mass is 381 g/mol. The molecule has 1 saturated heterocycles. The number of hydrogen-bond donors (Lipinski definition) is 1. The van der Waals surface area contributed by atoms with E-state index in [0.717, 1.165) is 12.8 Å². The average molecular weight is 382 g/mol. The van der Waals surface area contributed by atoms with Crippen LogP contribution in [0.1, 0.15) is 73.1 Å². The molecule has 6 heteroatoms. The minimum absolute atomic E-state index is 0.0633. The molecule has 0 spiro atoms. The highest BCUT2D eigenvalue weighted by Crippen LogP contribution is 2.44. The minimum atomic E-state index is -1.02. The number of esters is 1. The molecule has 6 nitrogen and oxygen atoms in total.